The SMILES string of the molecule is Cc1ccc([C@@H](F)C(F)(F)NC(=O)c2ccncc2)cc1-c1cc(OC[C@H](O)CO)nc(C2CCOCC2)c1. The molecule has 1 saturated heterocycles. The number of ether oxygens (including phenoxy) is 2. The highest BCUT2D eigenvalue weighted by atomic mass is 19.3. The van der Waals surface area contributed by atoms with Gasteiger partial charge in [0.05, 0.1) is 6.61 Å². The normalized spacial score (nSPS) is 15.9. The molecule has 0 bridgehead atoms. The summed E-state index contributed by atoms with van der Waals surface area (Å²) in [5.74, 6) is -0.883. The second-order valence-corrected chi connectivity index (χ2v) is 9.40. The summed E-state index contributed by atoms with van der Waals surface area (Å²) >= 11 is 0. The first-order valence-corrected chi connectivity index (χ1v) is 12.5. The topological polar surface area (TPSA) is 114 Å². The van der Waals surface area contributed by atoms with E-state index in [9.17, 15) is 18.7 Å². The molecule has 0 aliphatic carbocycles. The quantitative estimate of drug-likeness (QED) is 0.329. The molecule has 1 fully saturated rings. The molecule has 1 amide bonds. The Balaban J connectivity index is 1.65. The Morgan fingerprint density at radius 3 is 2.59 bits per heavy atom. The number of aliphatic hydroxyl groups excluding tert-OH is 2. The number of halogens is 3. The molecule has 208 valence electrons. The van der Waals surface area contributed by atoms with Gasteiger partial charge in [-0.2, -0.15) is 8.78 Å². The van der Waals surface area contributed by atoms with Crippen molar-refractivity contribution in [2.75, 3.05) is 26.4 Å². The number of carbonyl (C=O) groups is 1. The van der Waals surface area contributed by atoms with Gasteiger partial charge in [0.25, 0.3) is 5.91 Å². The van der Waals surface area contributed by atoms with Crippen molar-refractivity contribution >= 4 is 5.91 Å². The van der Waals surface area contributed by atoms with Crippen molar-refractivity contribution in [2.45, 2.75) is 44.0 Å². The maximum Gasteiger partial charge on any atom is 0.360 e. The molecule has 2 atom stereocenters. The molecule has 1 aromatic carbocycles. The molecule has 0 saturated carbocycles. The van der Waals surface area contributed by atoms with Gasteiger partial charge < -0.3 is 19.7 Å². The average molecular weight is 546 g/mol. The number of benzene rings is 1. The number of hydrogen-bond acceptors (Lipinski definition) is 7. The predicted molar refractivity (Wildman–Crippen MR) is 136 cm³/mol. The summed E-state index contributed by atoms with van der Waals surface area (Å²) in [5.41, 5.74) is 2.04. The minimum atomic E-state index is -4.19. The molecule has 1 aliphatic rings. The second-order valence-electron chi connectivity index (χ2n) is 9.40. The zero-order valence-electron chi connectivity index (χ0n) is 21.3. The number of aliphatic hydroxyl groups is 2. The summed E-state index contributed by atoms with van der Waals surface area (Å²) in [4.78, 5) is 20.5. The fraction of sp³-hybridized carbons (Fsp3) is 0.393. The van der Waals surface area contributed by atoms with Crippen molar-refractivity contribution < 1.29 is 37.7 Å². The summed E-state index contributed by atoms with van der Waals surface area (Å²) in [6.07, 6.45) is 0.0726. The van der Waals surface area contributed by atoms with Gasteiger partial charge in [-0.1, -0.05) is 12.1 Å². The van der Waals surface area contributed by atoms with Crippen molar-refractivity contribution in [3.05, 3.63) is 77.2 Å². The third-order valence-electron chi connectivity index (χ3n) is 6.50. The number of carbonyl (C=O) groups excluding carboxylic acids is 1. The molecule has 0 spiro atoms. The number of hydrogen-bond donors (Lipinski definition) is 3. The third-order valence-corrected chi connectivity index (χ3v) is 6.50. The molecule has 3 aromatic rings. The highest BCUT2D eigenvalue weighted by Crippen LogP contribution is 2.38. The van der Waals surface area contributed by atoms with Crippen molar-refractivity contribution in [3.8, 4) is 17.0 Å². The number of aryl methyl sites for hydroxylation is 1. The first-order valence-electron chi connectivity index (χ1n) is 12.5. The van der Waals surface area contributed by atoms with E-state index in [-0.39, 0.29) is 29.5 Å². The van der Waals surface area contributed by atoms with Crippen LogP contribution < -0.4 is 10.1 Å². The van der Waals surface area contributed by atoms with Crippen molar-refractivity contribution in [1.29, 1.82) is 0 Å². The van der Waals surface area contributed by atoms with Gasteiger partial charge >= 0.3 is 6.05 Å². The summed E-state index contributed by atoms with van der Waals surface area (Å²) in [6.45, 7) is 2.20. The number of aromatic nitrogens is 2. The van der Waals surface area contributed by atoms with E-state index >= 15 is 4.39 Å². The fourth-order valence-corrected chi connectivity index (χ4v) is 4.30. The summed E-state index contributed by atoms with van der Waals surface area (Å²) in [5, 5.41) is 20.3. The standard InChI is InChI=1S/C28H30F3N3O5/c1-17-2-3-20(26(29)28(30,31)34-27(37)19-4-8-32-9-5-19)12-23(17)21-13-24(18-6-10-38-11-7-18)33-25(14-21)39-16-22(36)15-35/h2-5,8-9,12-14,18,22,26,35-36H,6-7,10-11,15-16H2,1H3,(H,34,37)/t22-,26-/m1/s1. The van der Waals surface area contributed by atoms with E-state index in [1.807, 2.05) is 6.07 Å². The van der Waals surface area contributed by atoms with Crippen molar-refractivity contribution in [2.24, 2.45) is 0 Å². The molecule has 1 aliphatic heterocycles. The maximum atomic E-state index is 15.2. The lowest BCUT2D eigenvalue weighted by atomic mass is 9.91. The summed E-state index contributed by atoms with van der Waals surface area (Å²) < 4.78 is 56.0. The first-order chi connectivity index (χ1) is 18.7. The second kappa shape index (κ2) is 12.5. The molecular formula is C28H30F3N3O5. The lowest BCUT2D eigenvalue weighted by Crippen LogP contribution is -2.44. The molecular weight excluding hydrogens is 515 g/mol. The van der Waals surface area contributed by atoms with Gasteiger partial charge in [-0.3, -0.25) is 15.1 Å². The van der Waals surface area contributed by atoms with E-state index in [4.69, 9.17) is 14.6 Å². The van der Waals surface area contributed by atoms with E-state index in [2.05, 4.69) is 9.97 Å². The Hall–Kier alpha value is -3.54. The zero-order valence-corrected chi connectivity index (χ0v) is 21.3. The average Bonchev–Trinajstić information content (AvgIpc) is 2.96. The molecule has 8 nitrogen and oxygen atoms in total. The van der Waals surface area contributed by atoms with Gasteiger partial charge in [-0.05, 0) is 66.3 Å². The van der Waals surface area contributed by atoms with Crippen molar-refractivity contribution in [1.82, 2.24) is 15.3 Å². The number of pyridine rings is 2. The number of amides is 1. The number of nitrogens with zero attached hydrogens (tertiary/aromatic N) is 2. The van der Waals surface area contributed by atoms with E-state index < -0.39 is 30.8 Å². The van der Waals surface area contributed by atoms with Crippen molar-refractivity contribution in [3.63, 3.8) is 0 Å². The van der Waals surface area contributed by atoms with Gasteiger partial charge in [0, 0.05) is 48.8 Å². The van der Waals surface area contributed by atoms with Crippen LogP contribution in [0.25, 0.3) is 11.1 Å². The molecule has 0 unspecified atom stereocenters. The Kier molecular flexibility index (Phi) is 9.16. The lowest BCUT2D eigenvalue weighted by molar-refractivity contribution is -0.0936. The molecule has 0 radical (unpaired) electrons. The number of alkyl halides is 3. The zero-order chi connectivity index (χ0) is 28.0. The summed E-state index contributed by atoms with van der Waals surface area (Å²) in [6, 6.07) is 5.81. The number of nitrogens with one attached hydrogen (secondary N) is 1. The minimum Gasteiger partial charge on any atom is -0.475 e. The first kappa shape index (κ1) is 28.5. The van der Waals surface area contributed by atoms with Crippen LogP contribution in [0.4, 0.5) is 13.2 Å². The van der Waals surface area contributed by atoms with E-state index in [1.165, 1.54) is 48.0 Å². The Morgan fingerprint density at radius 2 is 1.90 bits per heavy atom. The summed E-state index contributed by atoms with van der Waals surface area (Å²) in [7, 11) is 0. The maximum absolute atomic E-state index is 15.2. The van der Waals surface area contributed by atoms with Gasteiger partial charge in [-0.15, -0.1) is 0 Å². The van der Waals surface area contributed by atoms with Crippen LogP contribution in [0.5, 0.6) is 5.88 Å². The molecule has 4 rings (SSSR count). The Morgan fingerprint density at radius 1 is 1.18 bits per heavy atom. The highest BCUT2D eigenvalue weighted by Gasteiger charge is 2.43. The predicted octanol–water partition coefficient (Wildman–Crippen LogP) is 4.11. The van der Waals surface area contributed by atoms with Gasteiger partial charge in [0.2, 0.25) is 12.1 Å². The monoisotopic (exact) mass is 545 g/mol. The third kappa shape index (κ3) is 7.11. The molecule has 3 N–H and O–H groups in total. The van der Waals surface area contributed by atoms with Gasteiger partial charge in [0.1, 0.15) is 12.7 Å². The molecule has 39 heavy (non-hydrogen) atoms. The van der Waals surface area contributed by atoms with Crippen LogP contribution in [0.1, 0.15) is 52.1 Å². The van der Waals surface area contributed by atoms with Crippen LogP contribution >= 0.6 is 0 Å². The van der Waals surface area contributed by atoms with Crippen LogP contribution in [-0.2, 0) is 4.74 Å². The van der Waals surface area contributed by atoms with Crippen LogP contribution in [0.3, 0.4) is 0 Å². The molecule has 2 aromatic heterocycles. The molecule has 11 heteroatoms. The highest BCUT2D eigenvalue weighted by molar-refractivity contribution is 5.94. The van der Waals surface area contributed by atoms with Crippen LogP contribution in [-0.4, -0.2) is 64.7 Å². The smallest absolute Gasteiger partial charge is 0.360 e. The largest absolute Gasteiger partial charge is 0.475 e. The van der Waals surface area contributed by atoms with Gasteiger partial charge in [0.15, 0.2) is 0 Å². The van der Waals surface area contributed by atoms with E-state index in [0.717, 1.165) is 12.8 Å². The van der Waals surface area contributed by atoms with Crippen LogP contribution in [0.15, 0.2) is 54.9 Å². The lowest BCUT2D eigenvalue weighted by Gasteiger charge is -2.24. The van der Waals surface area contributed by atoms with E-state index in [0.29, 0.717) is 35.6 Å². The Labute approximate surface area is 223 Å². The molecule has 3 heterocycles. The fourth-order valence-electron chi connectivity index (χ4n) is 4.30. The Bertz CT molecular complexity index is 1270. The number of rotatable bonds is 10. The van der Waals surface area contributed by atoms with Crippen LogP contribution in [0, 0.1) is 6.92 Å². The minimum absolute atomic E-state index is 0.0639. The van der Waals surface area contributed by atoms with Crippen LogP contribution in [0.2, 0.25) is 0 Å². The van der Waals surface area contributed by atoms with E-state index in [1.54, 1.807) is 13.0 Å². The van der Waals surface area contributed by atoms with Gasteiger partial charge in [-0.25, -0.2) is 9.37 Å².